The Hall–Kier alpha value is -2.09. The van der Waals surface area contributed by atoms with Crippen LogP contribution < -0.4 is 5.48 Å². The van der Waals surface area contributed by atoms with Crippen molar-refractivity contribution >= 4 is 16.7 Å². The molecule has 2 aliphatic rings. The molecule has 0 spiro atoms. The number of hydrogen-bond acceptors (Lipinski definition) is 5. The van der Waals surface area contributed by atoms with Crippen LogP contribution in [0.15, 0.2) is 47.5 Å². The van der Waals surface area contributed by atoms with E-state index in [1.54, 1.807) is 17.6 Å². The van der Waals surface area contributed by atoms with Gasteiger partial charge in [-0.05, 0) is 55.4 Å². The summed E-state index contributed by atoms with van der Waals surface area (Å²) in [6.45, 7) is 0.683. The molecule has 4 rings (SSSR count). The minimum atomic E-state index is -1.60. The van der Waals surface area contributed by atoms with Crippen LogP contribution in [0.4, 0.5) is 0 Å². The van der Waals surface area contributed by atoms with Crippen molar-refractivity contribution < 1.29 is 18.9 Å². The third-order valence-electron chi connectivity index (χ3n) is 6.93. The number of carbonyl (C=O) groups excluding carboxylic acids is 1. The van der Waals surface area contributed by atoms with Gasteiger partial charge in [0.05, 0.1) is 16.5 Å². The van der Waals surface area contributed by atoms with Crippen LogP contribution in [-0.2, 0) is 26.8 Å². The highest BCUT2D eigenvalue weighted by molar-refractivity contribution is 7.87. The van der Waals surface area contributed by atoms with Gasteiger partial charge in [0.25, 0.3) is 5.91 Å². The number of hydrogen-bond donors (Lipinski definition) is 2. The van der Waals surface area contributed by atoms with E-state index in [4.69, 9.17) is 4.74 Å². The molecular weight excluding hydrogens is 424 g/mol. The second-order valence-corrected chi connectivity index (χ2v) is 10.7. The summed E-state index contributed by atoms with van der Waals surface area (Å²) in [5, 5.41) is 9.19. The number of benzene rings is 1. The Morgan fingerprint density at radius 3 is 2.44 bits per heavy atom. The van der Waals surface area contributed by atoms with Crippen molar-refractivity contribution in [3.63, 3.8) is 0 Å². The van der Waals surface area contributed by atoms with Gasteiger partial charge in [0.1, 0.15) is 4.75 Å². The average Bonchev–Trinajstić information content (AvgIpc) is 2.88. The Morgan fingerprint density at radius 2 is 1.81 bits per heavy atom. The molecule has 1 saturated heterocycles. The first-order chi connectivity index (χ1) is 15.6. The van der Waals surface area contributed by atoms with Gasteiger partial charge in [-0.2, -0.15) is 0 Å². The maximum absolute atomic E-state index is 13.3. The zero-order valence-electron chi connectivity index (χ0n) is 18.4. The van der Waals surface area contributed by atoms with Gasteiger partial charge >= 0.3 is 0 Å². The molecule has 7 heteroatoms. The van der Waals surface area contributed by atoms with E-state index < -0.39 is 21.5 Å². The number of rotatable bonds is 7. The summed E-state index contributed by atoms with van der Waals surface area (Å²) >= 11 is 0. The fraction of sp³-hybridized carbons (Fsp3) is 0.520. The molecule has 1 aromatic heterocycles. The molecular formula is C25H32N2O4S. The Labute approximate surface area is 192 Å². The summed E-state index contributed by atoms with van der Waals surface area (Å²) in [5.41, 5.74) is 4.79. The number of amides is 1. The lowest BCUT2D eigenvalue weighted by molar-refractivity contribution is -0.134. The van der Waals surface area contributed by atoms with E-state index in [-0.39, 0.29) is 0 Å². The van der Waals surface area contributed by atoms with Crippen LogP contribution in [0.3, 0.4) is 0 Å². The molecule has 6 nitrogen and oxygen atoms in total. The minimum Gasteiger partial charge on any atom is -0.381 e. The zero-order valence-corrected chi connectivity index (χ0v) is 19.2. The average molecular weight is 457 g/mol. The Balaban J connectivity index is 1.42. The molecule has 1 aliphatic carbocycles. The number of nitrogens with zero attached hydrogens (tertiary/aromatic N) is 1. The Morgan fingerprint density at radius 1 is 1.09 bits per heavy atom. The van der Waals surface area contributed by atoms with Gasteiger partial charge in [0, 0.05) is 29.9 Å². The fourth-order valence-electron chi connectivity index (χ4n) is 4.86. The number of ether oxygens (including phenoxy) is 1. The number of pyridine rings is 1. The molecule has 2 N–H and O–H groups in total. The summed E-state index contributed by atoms with van der Waals surface area (Å²) in [6.07, 6.45) is 11.8. The standard InChI is InChI=1S/C25H32N2O4S/c28-24(27-29)25(14-16-31-17-15-25)32(30)22-11-9-21(10-12-22)23-13-8-20(18-26-23)7-6-19-4-2-1-3-5-19/h8-13,18-19,29H,1-7,14-17H2,(H,27,28). The highest BCUT2D eigenvalue weighted by atomic mass is 32.2. The number of hydroxylamine groups is 1. The van der Waals surface area contributed by atoms with Crippen molar-refractivity contribution in [3.8, 4) is 11.3 Å². The third kappa shape index (κ3) is 5.11. The molecule has 172 valence electrons. The molecule has 1 unspecified atom stereocenters. The summed E-state index contributed by atoms with van der Waals surface area (Å²) < 4.78 is 17.5. The maximum Gasteiger partial charge on any atom is 0.262 e. The van der Waals surface area contributed by atoms with E-state index in [0.29, 0.717) is 31.0 Å². The van der Waals surface area contributed by atoms with Crippen molar-refractivity contribution in [1.29, 1.82) is 0 Å². The molecule has 1 aromatic carbocycles. The predicted molar refractivity (Wildman–Crippen MR) is 124 cm³/mol. The lowest BCUT2D eigenvalue weighted by Crippen LogP contribution is -2.52. The topological polar surface area (TPSA) is 88.5 Å². The van der Waals surface area contributed by atoms with E-state index >= 15 is 0 Å². The minimum absolute atomic E-state index is 0.303. The molecule has 0 radical (unpaired) electrons. The molecule has 1 amide bonds. The second-order valence-electron chi connectivity index (χ2n) is 8.94. The van der Waals surface area contributed by atoms with E-state index in [1.807, 2.05) is 24.4 Å². The lowest BCUT2D eigenvalue weighted by Gasteiger charge is -2.33. The quantitative estimate of drug-likeness (QED) is 0.475. The molecule has 2 aromatic rings. The lowest BCUT2D eigenvalue weighted by atomic mass is 9.85. The second kappa shape index (κ2) is 10.7. The van der Waals surface area contributed by atoms with Crippen LogP contribution in [0, 0.1) is 5.92 Å². The van der Waals surface area contributed by atoms with Gasteiger partial charge in [0.15, 0.2) is 0 Å². The van der Waals surface area contributed by atoms with Crippen LogP contribution in [-0.4, -0.2) is 38.3 Å². The Bertz CT molecular complexity index is 918. The van der Waals surface area contributed by atoms with Crippen LogP contribution in [0.1, 0.15) is 56.9 Å². The number of nitrogens with one attached hydrogen (secondary N) is 1. The first-order valence-electron chi connectivity index (χ1n) is 11.6. The fourth-order valence-corrected chi connectivity index (χ4v) is 6.45. The molecule has 2 heterocycles. The summed E-state index contributed by atoms with van der Waals surface area (Å²) in [5.74, 6) is 0.248. The van der Waals surface area contributed by atoms with Crippen molar-refractivity contribution in [2.24, 2.45) is 5.92 Å². The molecule has 1 aliphatic heterocycles. The van der Waals surface area contributed by atoms with Crippen LogP contribution in [0.5, 0.6) is 0 Å². The number of carbonyl (C=O) groups is 1. The molecule has 32 heavy (non-hydrogen) atoms. The van der Waals surface area contributed by atoms with Crippen molar-refractivity contribution in [1.82, 2.24) is 10.5 Å². The zero-order chi connectivity index (χ0) is 22.4. The molecule has 1 saturated carbocycles. The maximum atomic E-state index is 13.3. The van der Waals surface area contributed by atoms with Crippen molar-refractivity contribution in [2.75, 3.05) is 13.2 Å². The van der Waals surface area contributed by atoms with Crippen LogP contribution >= 0.6 is 0 Å². The van der Waals surface area contributed by atoms with E-state index in [1.165, 1.54) is 44.1 Å². The first kappa shape index (κ1) is 23.1. The molecule has 2 fully saturated rings. The highest BCUT2D eigenvalue weighted by Crippen LogP contribution is 2.33. The monoisotopic (exact) mass is 456 g/mol. The summed E-state index contributed by atoms with van der Waals surface area (Å²) in [7, 11) is -1.60. The number of aryl methyl sites for hydroxylation is 1. The largest absolute Gasteiger partial charge is 0.381 e. The molecule has 1 atom stereocenters. The van der Waals surface area contributed by atoms with Crippen molar-refractivity contribution in [2.45, 2.75) is 67.4 Å². The van der Waals surface area contributed by atoms with Gasteiger partial charge in [-0.1, -0.05) is 50.3 Å². The van der Waals surface area contributed by atoms with Gasteiger partial charge in [-0.15, -0.1) is 0 Å². The molecule has 0 bridgehead atoms. The van der Waals surface area contributed by atoms with Gasteiger partial charge < -0.3 is 4.74 Å². The smallest absolute Gasteiger partial charge is 0.262 e. The SMILES string of the molecule is O=C(NO)C1(S(=O)c2ccc(-c3ccc(CCC4CCCCC4)cn3)cc2)CCOCC1. The van der Waals surface area contributed by atoms with Crippen LogP contribution in [0.25, 0.3) is 11.3 Å². The summed E-state index contributed by atoms with van der Waals surface area (Å²) in [4.78, 5) is 17.6. The first-order valence-corrected chi connectivity index (χ1v) is 12.8. The van der Waals surface area contributed by atoms with Gasteiger partial charge in [-0.3, -0.25) is 19.2 Å². The predicted octanol–water partition coefficient (Wildman–Crippen LogP) is 4.42. The Kier molecular flexibility index (Phi) is 7.71. The van der Waals surface area contributed by atoms with Crippen molar-refractivity contribution in [3.05, 3.63) is 48.2 Å². The van der Waals surface area contributed by atoms with E-state index in [9.17, 15) is 14.2 Å². The number of aromatic nitrogens is 1. The van der Waals surface area contributed by atoms with Gasteiger partial charge in [-0.25, -0.2) is 5.48 Å². The normalized spacial score (nSPS) is 19.9. The van der Waals surface area contributed by atoms with Crippen LogP contribution in [0.2, 0.25) is 0 Å². The third-order valence-corrected chi connectivity index (χ3v) is 8.93. The van der Waals surface area contributed by atoms with E-state index in [0.717, 1.165) is 23.6 Å². The highest BCUT2D eigenvalue weighted by Gasteiger charge is 2.46. The summed E-state index contributed by atoms with van der Waals surface area (Å²) in [6, 6.07) is 11.5. The van der Waals surface area contributed by atoms with Gasteiger partial charge in [0.2, 0.25) is 0 Å². The van der Waals surface area contributed by atoms with E-state index in [2.05, 4.69) is 11.1 Å².